The number of nitrogens with zero attached hydrogens (tertiary/aromatic N) is 12. The Labute approximate surface area is 814 Å². The number of hydrogen-bond donors (Lipinski definition) is 8. The number of aromatic nitrogens is 12. The van der Waals surface area contributed by atoms with E-state index in [9.17, 15) is 40.9 Å². The van der Waals surface area contributed by atoms with Gasteiger partial charge >= 0.3 is 24.0 Å². The highest BCUT2D eigenvalue weighted by Crippen LogP contribution is 2.47. The number of phenolic OH excluding ortho intramolecular Hbond substituents is 8. The van der Waals surface area contributed by atoms with Gasteiger partial charge in [-0.3, -0.25) is 0 Å². The van der Waals surface area contributed by atoms with Crippen LogP contribution in [0, 0.1) is 0 Å². The third-order valence-corrected chi connectivity index (χ3v) is 27.4. The van der Waals surface area contributed by atoms with Crippen molar-refractivity contribution >= 4 is 108 Å². The molecule has 22 aromatic rings. The van der Waals surface area contributed by atoms with Crippen molar-refractivity contribution in [2.24, 2.45) is 0 Å². The zero-order valence-electron chi connectivity index (χ0n) is 77.1. The molecule has 0 aliphatic heterocycles. The quantitative estimate of drug-likeness (QED) is 0.0329. The van der Waals surface area contributed by atoms with Crippen molar-refractivity contribution in [3.05, 3.63) is 303 Å². The van der Waals surface area contributed by atoms with Gasteiger partial charge < -0.3 is 59.8 Å². The molecule has 4 saturated carbocycles. The van der Waals surface area contributed by atoms with E-state index in [-0.39, 0.29) is 94.5 Å². The molecule has 4 fully saturated rings. The Kier molecular flexibility index (Phi) is 23.7. The molecule has 0 amide bonds. The fourth-order valence-corrected chi connectivity index (χ4v) is 20.5. The highest BCUT2D eigenvalue weighted by molar-refractivity contribution is 6.26. The molecule has 0 bridgehead atoms. The molecule has 26 rings (SSSR count). The first kappa shape index (κ1) is 88.4. The molecular weight excluding hydrogens is 1780 g/mol. The van der Waals surface area contributed by atoms with E-state index in [0.29, 0.717) is 68.8 Å². The van der Waals surface area contributed by atoms with E-state index in [1.54, 1.807) is 24.3 Å². The first-order chi connectivity index (χ1) is 69.6. The molecule has 142 heavy (non-hydrogen) atoms. The molecule has 0 atom stereocenters. The monoisotopic (exact) mass is 1870 g/mol. The van der Waals surface area contributed by atoms with Gasteiger partial charge in [-0.15, -0.1) is 0 Å². The standard InChI is InChI=1S/C32H25N3O3.C30H23N3O3.2C28H23N3O3/c36-20-14-16-26(29(37)17-20)30-33-31(35-32(34-30)38-21-8-2-3-9-21)28-18-27-22-10-4-1-7-19(22)13-15-25(27)23-11-5-6-12-24(23)28;34-20-12-15-24(25(35)16-20)29-31-28(32-30(33-29)36-21-6-1-2-7-21)23-14-11-19-9-8-17-4-3-5-18-10-13-22(23)27(19)26(17)18;32-19-13-14-23(24(33)16-19)26-29-27(31-28(30-26)34-20-9-3-4-10-20)25-21-11-5-1-7-17(21)15-18-8-2-6-12-22(18)25;32-18-13-14-23(25(33)16-18)26-29-27(31-28(30-26)34-19-8-2-3-9-19)24-15-17-7-1-4-10-20(17)21-11-5-6-12-22(21)24/h1,4-7,10-18,21,36-37H,2-3,8-9H2;3-5,8-16,21,34-35H,1-2,6-7H2;1-2,5-8,11-16,20,32-33H,3-4,9-10H2;1,4-7,10-16,19,32-33H,2-3,8-9H2. The molecule has 24 nitrogen and oxygen atoms in total. The number of rotatable bonds is 16. The summed E-state index contributed by atoms with van der Waals surface area (Å²) in [7, 11) is 0. The lowest BCUT2D eigenvalue weighted by molar-refractivity contribution is 0.192. The van der Waals surface area contributed by atoms with Crippen molar-refractivity contribution in [1.82, 2.24) is 59.8 Å². The minimum atomic E-state index is -0.108. The summed E-state index contributed by atoms with van der Waals surface area (Å²) in [5.41, 5.74) is 5.12. The minimum absolute atomic E-state index is 0.0280. The number of aromatic hydroxyl groups is 8. The molecular formula is C118H94N12O12. The molecule has 4 aliphatic carbocycles. The predicted molar refractivity (Wildman–Crippen MR) is 554 cm³/mol. The van der Waals surface area contributed by atoms with Crippen LogP contribution in [0.4, 0.5) is 0 Å². The van der Waals surface area contributed by atoms with Crippen molar-refractivity contribution in [2.45, 2.75) is 127 Å². The summed E-state index contributed by atoms with van der Waals surface area (Å²) in [4.78, 5) is 56.4. The average molecular weight is 1870 g/mol. The lowest BCUT2D eigenvalue weighted by Gasteiger charge is -2.16. The molecule has 698 valence electrons. The second-order valence-electron chi connectivity index (χ2n) is 36.7. The Morgan fingerprint density at radius 2 is 0.444 bits per heavy atom. The van der Waals surface area contributed by atoms with E-state index in [0.717, 1.165) is 211 Å². The maximum Gasteiger partial charge on any atom is 0.320 e. The molecule has 4 aromatic heterocycles. The van der Waals surface area contributed by atoms with Crippen LogP contribution in [0.15, 0.2) is 303 Å². The second kappa shape index (κ2) is 38.1. The van der Waals surface area contributed by atoms with Gasteiger partial charge in [-0.05, 0) is 283 Å². The fourth-order valence-electron chi connectivity index (χ4n) is 20.5. The Balaban J connectivity index is 0.000000105. The topological polar surface area (TPSA) is 353 Å². The van der Waals surface area contributed by atoms with Crippen LogP contribution in [0.25, 0.3) is 199 Å². The first-order valence-corrected chi connectivity index (χ1v) is 48.2. The van der Waals surface area contributed by atoms with Gasteiger partial charge in [-0.1, -0.05) is 206 Å². The highest BCUT2D eigenvalue weighted by Gasteiger charge is 2.30. The smallest absolute Gasteiger partial charge is 0.320 e. The van der Waals surface area contributed by atoms with Crippen LogP contribution in [0.2, 0.25) is 0 Å². The number of fused-ring (bicyclic) bond motifs is 10. The molecule has 0 unspecified atom stereocenters. The number of ether oxygens (including phenoxy) is 4. The van der Waals surface area contributed by atoms with Gasteiger partial charge in [0.2, 0.25) is 0 Å². The summed E-state index contributed by atoms with van der Waals surface area (Å²) in [5, 5.41) is 104. The lowest BCUT2D eigenvalue weighted by Crippen LogP contribution is -2.14. The van der Waals surface area contributed by atoms with Crippen molar-refractivity contribution < 1.29 is 59.8 Å². The Morgan fingerprint density at radius 1 is 0.176 bits per heavy atom. The number of hydrogen-bond acceptors (Lipinski definition) is 24. The van der Waals surface area contributed by atoms with Gasteiger partial charge in [0.25, 0.3) is 0 Å². The maximum absolute atomic E-state index is 10.6. The summed E-state index contributed by atoms with van der Waals surface area (Å²) in [6.07, 6.45) is 17.0. The van der Waals surface area contributed by atoms with Gasteiger partial charge in [0.15, 0.2) is 46.6 Å². The Morgan fingerprint density at radius 3 is 0.852 bits per heavy atom. The van der Waals surface area contributed by atoms with Gasteiger partial charge in [0.1, 0.15) is 70.4 Å². The van der Waals surface area contributed by atoms with Crippen LogP contribution in [0.1, 0.15) is 103 Å². The summed E-state index contributed by atoms with van der Waals surface area (Å²) in [6.45, 7) is 0. The summed E-state index contributed by atoms with van der Waals surface area (Å²) < 4.78 is 24.8. The largest absolute Gasteiger partial charge is 0.508 e. The highest BCUT2D eigenvalue weighted by atomic mass is 16.5. The lowest BCUT2D eigenvalue weighted by atomic mass is 9.92. The minimum Gasteiger partial charge on any atom is -0.508 e. The fraction of sp³-hybridized carbons (Fsp3) is 0.169. The molecule has 0 spiro atoms. The van der Waals surface area contributed by atoms with Crippen LogP contribution >= 0.6 is 0 Å². The second-order valence-corrected chi connectivity index (χ2v) is 36.7. The van der Waals surface area contributed by atoms with Crippen molar-refractivity contribution in [2.75, 3.05) is 0 Å². The normalized spacial score (nSPS) is 14.1. The summed E-state index contributed by atoms with van der Waals surface area (Å²) >= 11 is 0. The Hall–Kier alpha value is -17.5. The van der Waals surface area contributed by atoms with E-state index in [1.165, 1.54) is 70.1 Å². The van der Waals surface area contributed by atoms with Crippen molar-refractivity contribution in [3.8, 4) is 161 Å². The van der Waals surface area contributed by atoms with Gasteiger partial charge in [-0.25, -0.2) is 19.9 Å². The van der Waals surface area contributed by atoms with Gasteiger partial charge in [-0.2, -0.15) is 39.9 Å². The van der Waals surface area contributed by atoms with E-state index in [1.807, 2.05) is 72.8 Å². The van der Waals surface area contributed by atoms with Crippen LogP contribution in [-0.4, -0.2) is 125 Å². The molecule has 18 aromatic carbocycles. The van der Waals surface area contributed by atoms with Crippen LogP contribution in [0.5, 0.6) is 70.0 Å². The van der Waals surface area contributed by atoms with Crippen molar-refractivity contribution in [3.63, 3.8) is 0 Å². The summed E-state index contributed by atoms with van der Waals surface area (Å²) in [6, 6.07) is 97.7. The van der Waals surface area contributed by atoms with E-state index >= 15 is 0 Å². The molecule has 24 heteroatoms. The molecule has 4 aliphatic rings. The van der Waals surface area contributed by atoms with Crippen LogP contribution in [0.3, 0.4) is 0 Å². The van der Waals surface area contributed by atoms with Gasteiger partial charge in [0.05, 0.1) is 22.3 Å². The van der Waals surface area contributed by atoms with E-state index < -0.39 is 0 Å². The average Bonchev–Trinajstić information content (AvgIpc) is 0.735. The van der Waals surface area contributed by atoms with Crippen LogP contribution < -0.4 is 18.9 Å². The molecule has 0 saturated heterocycles. The van der Waals surface area contributed by atoms with Crippen molar-refractivity contribution in [1.29, 1.82) is 0 Å². The van der Waals surface area contributed by atoms with E-state index in [2.05, 4.69) is 178 Å². The zero-order valence-corrected chi connectivity index (χ0v) is 77.1. The molecule has 4 heterocycles. The third-order valence-electron chi connectivity index (χ3n) is 27.4. The third kappa shape index (κ3) is 17.8. The number of phenols is 8. The predicted octanol–water partition coefficient (Wildman–Crippen LogP) is 26.7. The SMILES string of the molecule is Oc1ccc(-c2nc(OC3CCCC3)nc(-c3c4ccccc4cc4ccccc34)n2)c(O)c1.Oc1ccc(-c2nc(OC3CCCC3)nc(-c3cc4c5ccccc5ccc4c4ccccc34)n2)c(O)c1.Oc1ccc(-c2nc(OC3CCCC3)nc(-c3cc4ccccc4c4ccccc34)n2)c(O)c1.Oc1ccc(-c2nc(OC3CCCC3)nc(-c3ccc4ccc5cccc6ccc3c4c56)n2)c(O)c1. The zero-order chi connectivity index (χ0) is 96.0. The number of benzene rings is 18. The maximum atomic E-state index is 10.6. The summed E-state index contributed by atoms with van der Waals surface area (Å²) in [5.74, 6) is 2.58. The molecule has 8 N–H and O–H groups in total. The Bertz CT molecular complexity index is 8560. The first-order valence-electron chi connectivity index (χ1n) is 48.2. The molecule has 0 radical (unpaired) electrons. The van der Waals surface area contributed by atoms with E-state index in [4.69, 9.17) is 58.8 Å². The van der Waals surface area contributed by atoms with Crippen LogP contribution in [-0.2, 0) is 0 Å². The van der Waals surface area contributed by atoms with Gasteiger partial charge in [0, 0.05) is 46.5 Å².